The fourth-order valence-corrected chi connectivity index (χ4v) is 4.31. The van der Waals surface area contributed by atoms with Crippen molar-refractivity contribution in [1.29, 1.82) is 0 Å². The minimum Gasteiger partial charge on any atom is -0.366 e. The Bertz CT molecular complexity index is 985. The van der Waals surface area contributed by atoms with Crippen LogP contribution >= 0.6 is 11.3 Å². The van der Waals surface area contributed by atoms with E-state index in [2.05, 4.69) is 9.55 Å². The zero-order valence-electron chi connectivity index (χ0n) is 13.3. The fourth-order valence-electron chi connectivity index (χ4n) is 3.50. The molecular formula is C17H16N4O3S. The number of hydrogen-bond donors (Lipinski definition) is 1. The summed E-state index contributed by atoms with van der Waals surface area (Å²) in [6, 6.07) is 8.83. The van der Waals surface area contributed by atoms with Crippen molar-refractivity contribution in [3.8, 4) is 10.7 Å². The Hall–Kier alpha value is -2.74. The summed E-state index contributed by atoms with van der Waals surface area (Å²) in [5.41, 5.74) is 7.41. The van der Waals surface area contributed by atoms with E-state index in [1.54, 1.807) is 18.2 Å². The van der Waals surface area contributed by atoms with Crippen LogP contribution in [0.4, 0.5) is 5.00 Å². The Kier molecular flexibility index (Phi) is 3.76. The Morgan fingerprint density at radius 2 is 2.04 bits per heavy atom. The zero-order chi connectivity index (χ0) is 17.6. The van der Waals surface area contributed by atoms with Crippen molar-refractivity contribution in [2.24, 2.45) is 5.73 Å². The van der Waals surface area contributed by atoms with Gasteiger partial charge in [-0.1, -0.05) is 24.2 Å². The molecule has 0 radical (unpaired) electrons. The first-order chi connectivity index (χ1) is 12.0. The molecule has 4 rings (SSSR count). The summed E-state index contributed by atoms with van der Waals surface area (Å²) in [6.45, 7) is 0. The second-order valence-electron chi connectivity index (χ2n) is 6.21. The number of hydrogen-bond acceptors (Lipinski definition) is 5. The summed E-state index contributed by atoms with van der Waals surface area (Å²) in [6.07, 6.45) is 4.44. The lowest BCUT2D eigenvalue weighted by molar-refractivity contribution is -0.380. The van der Waals surface area contributed by atoms with Crippen LogP contribution in [0.25, 0.3) is 21.7 Å². The Labute approximate surface area is 147 Å². The minimum absolute atomic E-state index is 0.0952. The van der Waals surface area contributed by atoms with E-state index in [4.69, 9.17) is 5.73 Å². The first kappa shape index (κ1) is 15.8. The van der Waals surface area contributed by atoms with Gasteiger partial charge in [0, 0.05) is 17.7 Å². The first-order valence-electron chi connectivity index (χ1n) is 8.11. The third-order valence-electron chi connectivity index (χ3n) is 4.66. The Morgan fingerprint density at radius 3 is 2.68 bits per heavy atom. The van der Waals surface area contributed by atoms with E-state index in [-0.39, 0.29) is 9.92 Å². The molecule has 2 N–H and O–H groups in total. The van der Waals surface area contributed by atoms with Gasteiger partial charge >= 0.3 is 5.00 Å². The number of rotatable bonds is 4. The second kappa shape index (κ2) is 5.96. The summed E-state index contributed by atoms with van der Waals surface area (Å²) in [4.78, 5) is 27.5. The normalized spacial score (nSPS) is 15.0. The molecule has 0 atom stereocenters. The third kappa shape index (κ3) is 2.68. The maximum atomic E-state index is 11.5. The monoisotopic (exact) mass is 356 g/mol. The standard InChI is InChI=1S/C17H16N4O3S/c18-16(22)10-5-6-13-12(9-10)19-17(20(13)11-3-1-2-4-11)14-7-8-15(25-14)21(23)24/h5-9,11H,1-4H2,(H2,18,22). The molecule has 1 aromatic carbocycles. The molecule has 1 amide bonds. The fraction of sp³-hybridized carbons (Fsp3) is 0.294. The molecule has 0 bridgehead atoms. The maximum Gasteiger partial charge on any atom is 0.324 e. The number of carbonyl (C=O) groups is 1. The van der Waals surface area contributed by atoms with Crippen LogP contribution in [0.5, 0.6) is 0 Å². The predicted molar refractivity (Wildman–Crippen MR) is 95.7 cm³/mol. The number of fused-ring (bicyclic) bond motifs is 1. The number of benzene rings is 1. The van der Waals surface area contributed by atoms with Gasteiger partial charge in [-0.25, -0.2) is 4.98 Å². The number of primary amides is 1. The SMILES string of the molecule is NC(=O)c1ccc2c(c1)nc(-c1ccc([N+](=O)[O-])s1)n2C1CCCC1. The minimum atomic E-state index is -0.495. The van der Waals surface area contributed by atoms with Crippen molar-refractivity contribution in [3.63, 3.8) is 0 Å². The number of carbonyl (C=O) groups excluding carboxylic acids is 1. The lowest BCUT2D eigenvalue weighted by Gasteiger charge is -2.15. The van der Waals surface area contributed by atoms with Gasteiger partial charge in [-0.05, 0) is 37.1 Å². The van der Waals surface area contributed by atoms with E-state index in [1.165, 1.54) is 6.07 Å². The number of nitrogens with zero attached hydrogens (tertiary/aromatic N) is 3. The zero-order valence-corrected chi connectivity index (χ0v) is 14.2. The van der Waals surface area contributed by atoms with Crippen LogP contribution in [0.3, 0.4) is 0 Å². The number of nitrogens with two attached hydrogens (primary N) is 1. The van der Waals surface area contributed by atoms with Gasteiger partial charge in [0.25, 0.3) is 0 Å². The van der Waals surface area contributed by atoms with Gasteiger partial charge in [-0.15, -0.1) is 0 Å². The van der Waals surface area contributed by atoms with Crippen LogP contribution in [-0.2, 0) is 0 Å². The highest BCUT2D eigenvalue weighted by atomic mass is 32.1. The molecule has 25 heavy (non-hydrogen) atoms. The lowest BCUT2D eigenvalue weighted by atomic mass is 10.1. The van der Waals surface area contributed by atoms with Crippen LogP contribution < -0.4 is 5.73 Å². The highest BCUT2D eigenvalue weighted by Gasteiger charge is 2.25. The summed E-state index contributed by atoms with van der Waals surface area (Å²) in [7, 11) is 0. The van der Waals surface area contributed by atoms with Crippen molar-refractivity contribution >= 4 is 33.3 Å². The Morgan fingerprint density at radius 1 is 1.28 bits per heavy atom. The molecule has 2 aromatic heterocycles. The van der Waals surface area contributed by atoms with Crippen LogP contribution in [-0.4, -0.2) is 20.4 Å². The average molecular weight is 356 g/mol. The summed E-state index contributed by atoms with van der Waals surface area (Å²) < 4.78 is 2.17. The van der Waals surface area contributed by atoms with E-state index >= 15 is 0 Å². The van der Waals surface area contributed by atoms with E-state index in [0.29, 0.717) is 17.1 Å². The molecule has 128 valence electrons. The number of nitro groups is 1. The molecule has 3 aromatic rings. The molecule has 1 aliphatic carbocycles. The first-order valence-corrected chi connectivity index (χ1v) is 8.92. The van der Waals surface area contributed by atoms with E-state index in [0.717, 1.165) is 53.2 Å². The summed E-state index contributed by atoms with van der Waals surface area (Å²) in [5.74, 6) is 0.229. The predicted octanol–water partition coefficient (Wildman–Crippen LogP) is 3.89. The molecule has 1 fully saturated rings. The van der Waals surface area contributed by atoms with Crippen molar-refractivity contribution in [1.82, 2.24) is 9.55 Å². The van der Waals surface area contributed by atoms with Crippen molar-refractivity contribution in [2.45, 2.75) is 31.7 Å². The number of imidazole rings is 1. The van der Waals surface area contributed by atoms with Gasteiger partial charge in [0.05, 0.1) is 20.8 Å². The molecule has 0 aliphatic heterocycles. The van der Waals surface area contributed by atoms with Crippen molar-refractivity contribution in [2.75, 3.05) is 0 Å². The molecule has 1 aliphatic rings. The lowest BCUT2D eigenvalue weighted by Crippen LogP contribution is -2.10. The topological polar surface area (TPSA) is 104 Å². The van der Waals surface area contributed by atoms with Crippen molar-refractivity contribution < 1.29 is 9.72 Å². The molecule has 1 saturated carbocycles. The van der Waals surface area contributed by atoms with Crippen molar-refractivity contribution in [3.05, 3.63) is 46.0 Å². The van der Waals surface area contributed by atoms with Gasteiger partial charge in [-0.2, -0.15) is 0 Å². The maximum absolute atomic E-state index is 11.5. The van der Waals surface area contributed by atoms with Gasteiger partial charge in [0.1, 0.15) is 0 Å². The number of thiophene rings is 1. The Balaban J connectivity index is 1.92. The summed E-state index contributed by atoms with van der Waals surface area (Å²) in [5, 5.41) is 11.1. The van der Waals surface area contributed by atoms with Crippen LogP contribution in [0.1, 0.15) is 42.1 Å². The molecule has 7 nitrogen and oxygen atoms in total. The van der Waals surface area contributed by atoms with Crippen LogP contribution in [0, 0.1) is 10.1 Å². The van der Waals surface area contributed by atoms with E-state index in [1.807, 2.05) is 6.07 Å². The van der Waals surface area contributed by atoms with E-state index in [9.17, 15) is 14.9 Å². The number of amides is 1. The molecule has 0 saturated heterocycles. The highest BCUT2D eigenvalue weighted by Crippen LogP contribution is 2.40. The van der Waals surface area contributed by atoms with Crippen LogP contribution in [0.15, 0.2) is 30.3 Å². The third-order valence-corrected chi connectivity index (χ3v) is 5.69. The molecule has 8 heteroatoms. The quantitative estimate of drug-likeness (QED) is 0.565. The largest absolute Gasteiger partial charge is 0.366 e. The summed E-state index contributed by atoms with van der Waals surface area (Å²) >= 11 is 1.12. The van der Waals surface area contributed by atoms with Gasteiger partial charge in [0.15, 0.2) is 5.82 Å². The molecule has 0 spiro atoms. The van der Waals surface area contributed by atoms with Gasteiger partial charge in [0.2, 0.25) is 5.91 Å². The van der Waals surface area contributed by atoms with Gasteiger partial charge < -0.3 is 10.3 Å². The molecule has 2 heterocycles. The smallest absolute Gasteiger partial charge is 0.324 e. The van der Waals surface area contributed by atoms with E-state index < -0.39 is 5.91 Å². The average Bonchev–Trinajstić information content (AvgIpc) is 3.31. The van der Waals surface area contributed by atoms with Crippen LogP contribution in [0.2, 0.25) is 0 Å². The highest BCUT2D eigenvalue weighted by molar-refractivity contribution is 7.18. The van der Waals surface area contributed by atoms with Gasteiger partial charge in [-0.3, -0.25) is 14.9 Å². The molecular weight excluding hydrogens is 340 g/mol. The second-order valence-corrected chi connectivity index (χ2v) is 7.27. The number of aromatic nitrogens is 2. The molecule has 0 unspecified atom stereocenters.